The molecule has 0 atom stereocenters. The van der Waals surface area contributed by atoms with E-state index in [2.05, 4.69) is 0 Å². The van der Waals surface area contributed by atoms with E-state index in [0.717, 1.165) is 0 Å². The van der Waals surface area contributed by atoms with Gasteiger partial charge in [-0.3, -0.25) is 0 Å². The van der Waals surface area contributed by atoms with Crippen LogP contribution in [0.5, 0.6) is 0 Å². The van der Waals surface area contributed by atoms with Crippen LogP contribution in [-0.2, 0) is 22.7 Å². The van der Waals surface area contributed by atoms with Crippen molar-refractivity contribution in [2.75, 3.05) is 0 Å². The molecule has 0 saturated carbocycles. The van der Waals surface area contributed by atoms with E-state index in [-0.39, 0.29) is 6.10 Å². The number of aliphatic hydroxyl groups is 1. The van der Waals surface area contributed by atoms with Gasteiger partial charge in [0.2, 0.25) is 0 Å². The summed E-state index contributed by atoms with van der Waals surface area (Å²) in [6, 6.07) is 0. The van der Waals surface area contributed by atoms with Gasteiger partial charge in [-0.15, -0.1) is 0 Å². The molecule has 0 aliphatic rings. The van der Waals surface area contributed by atoms with Crippen molar-refractivity contribution in [2.24, 2.45) is 0 Å². The van der Waals surface area contributed by atoms with Crippen LogP contribution in [0.3, 0.4) is 0 Å². The summed E-state index contributed by atoms with van der Waals surface area (Å²) in [4.78, 5) is 0. The van der Waals surface area contributed by atoms with Gasteiger partial charge in [-0.25, -0.2) is 0 Å². The first-order valence-corrected chi connectivity index (χ1v) is 3.74. The topological polar surface area (TPSA) is 74.6 Å². The molecule has 0 aromatic rings. The Labute approximate surface area is 52.5 Å². The summed E-state index contributed by atoms with van der Waals surface area (Å²) in [5.41, 5.74) is 0. The maximum absolute atomic E-state index is 8.67. The first-order valence-electron chi connectivity index (χ1n) is 1.98. The molecule has 0 amide bonds. The second kappa shape index (κ2) is 7.10. The minimum atomic E-state index is -3.69. The van der Waals surface area contributed by atoms with Gasteiger partial charge in [0.15, 0.2) is 0 Å². The van der Waals surface area contributed by atoms with Gasteiger partial charge in [0.25, 0.3) is 0 Å². The molecule has 0 fully saturated rings. The van der Waals surface area contributed by atoms with Crippen LogP contribution in [0.1, 0.15) is 13.8 Å². The third-order valence-electron chi connectivity index (χ3n) is 0. The molecule has 0 bridgehead atoms. The summed E-state index contributed by atoms with van der Waals surface area (Å²) < 4.78 is 24.4. The molecule has 0 aromatic carbocycles. The van der Waals surface area contributed by atoms with Crippen molar-refractivity contribution in [2.45, 2.75) is 20.0 Å². The Morgan fingerprint density at radius 2 is 1.38 bits per heavy atom. The fourth-order valence-corrected chi connectivity index (χ4v) is 0. The molecule has 50 valence electrons. The van der Waals surface area contributed by atoms with Crippen molar-refractivity contribution in [3.8, 4) is 0 Å². The molecule has 0 aliphatic heterocycles. The van der Waals surface area contributed by atoms with E-state index in [1.54, 1.807) is 13.8 Å². The molecule has 0 rings (SSSR count). The number of hydrogen-bond acceptors (Lipinski definition) is 3. The van der Waals surface area contributed by atoms with Gasteiger partial charge in [0.05, 0.1) is 0 Å². The van der Waals surface area contributed by atoms with E-state index in [4.69, 9.17) is 16.5 Å². The van der Waals surface area contributed by atoms with Crippen LogP contribution >= 0.6 is 0 Å². The zero-order chi connectivity index (χ0) is 7.15. The number of hydrogen-bond donors (Lipinski definition) is 2. The first kappa shape index (κ1) is 11.0. The summed E-state index contributed by atoms with van der Waals surface area (Å²) in [6.07, 6.45) is -0.167. The fraction of sp³-hybridized carbons (Fsp3) is 1.00. The van der Waals surface area contributed by atoms with Crippen molar-refractivity contribution >= 4 is 0 Å². The zero-order valence-electron chi connectivity index (χ0n) is 4.74. The van der Waals surface area contributed by atoms with E-state index in [1.807, 2.05) is 0 Å². The van der Waals surface area contributed by atoms with Crippen LogP contribution in [0.2, 0.25) is 0 Å². The molecule has 0 radical (unpaired) electrons. The molecule has 0 unspecified atom stereocenters. The summed E-state index contributed by atoms with van der Waals surface area (Å²) in [5.74, 6) is 0. The van der Waals surface area contributed by atoms with Crippen molar-refractivity contribution in [3.05, 3.63) is 0 Å². The Kier molecular flexibility index (Phi) is 9.75. The molecule has 0 aliphatic carbocycles. The second-order valence-corrected chi connectivity index (χ2v) is 2.07. The van der Waals surface area contributed by atoms with Crippen LogP contribution in [-0.4, -0.2) is 15.2 Å². The SMILES string of the molecule is CC(C)O.[O]=[V](=[O])[OH]. The van der Waals surface area contributed by atoms with E-state index in [0.29, 0.717) is 0 Å². The molecule has 0 saturated heterocycles. The summed E-state index contributed by atoms with van der Waals surface area (Å²) in [5, 5.41) is 8.06. The molecule has 2 N–H and O–H groups in total. The molecular weight excluding hydrogens is 151 g/mol. The first-order chi connectivity index (χ1) is 3.46. The molecule has 4 nitrogen and oxygen atoms in total. The van der Waals surface area contributed by atoms with Gasteiger partial charge in [-0.05, 0) is 13.8 Å². The van der Waals surface area contributed by atoms with Crippen LogP contribution in [0, 0.1) is 0 Å². The molecule has 0 heterocycles. The molecule has 8 heavy (non-hydrogen) atoms. The van der Waals surface area contributed by atoms with E-state index in [9.17, 15) is 0 Å². The summed E-state index contributed by atoms with van der Waals surface area (Å²) in [6.45, 7) is 3.44. The van der Waals surface area contributed by atoms with Gasteiger partial charge in [0, 0.05) is 6.10 Å². The average molecular weight is 160 g/mol. The van der Waals surface area contributed by atoms with Crippen LogP contribution in [0.15, 0.2) is 0 Å². The summed E-state index contributed by atoms with van der Waals surface area (Å²) in [7, 11) is 0. The Balaban J connectivity index is 0. The van der Waals surface area contributed by atoms with Gasteiger partial charge < -0.3 is 5.11 Å². The van der Waals surface area contributed by atoms with Crippen molar-refractivity contribution in [1.29, 1.82) is 0 Å². The molecule has 0 aromatic heterocycles. The Morgan fingerprint density at radius 1 is 1.38 bits per heavy atom. The Morgan fingerprint density at radius 3 is 1.38 bits per heavy atom. The minimum absolute atomic E-state index is 0.167. The van der Waals surface area contributed by atoms with Gasteiger partial charge in [-0.2, -0.15) is 0 Å². The van der Waals surface area contributed by atoms with E-state index in [1.165, 1.54) is 0 Å². The maximum atomic E-state index is 8.67. The van der Waals surface area contributed by atoms with Crippen molar-refractivity contribution in [3.63, 3.8) is 0 Å². The number of rotatable bonds is 0. The van der Waals surface area contributed by atoms with E-state index >= 15 is 0 Å². The van der Waals surface area contributed by atoms with Crippen LogP contribution < -0.4 is 0 Å². The van der Waals surface area contributed by atoms with Crippen LogP contribution in [0.4, 0.5) is 0 Å². The van der Waals surface area contributed by atoms with Crippen molar-refractivity contribution in [1.82, 2.24) is 0 Å². The zero-order valence-corrected chi connectivity index (χ0v) is 6.13. The summed E-state index contributed by atoms with van der Waals surface area (Å²) >= 11 is -3.69. The predicted molar refractivity (Wildman–Crippen MR) is 20.9 cm³/mol. The Bertz CT molecular complexity index is 84.7. The third kappa shape index (κ3) is 14600. The number of aliphatic hydroxyl groups excluding tert-OH is 1. The molecule has 5 heteroatoms. The average Bonchev–Trinajstić information content (AvgIpc) is 1.25. The Hall–Kier alpha value is 0.104. The van der Waals surface area contributed by atoms with Gasteiger partial charge in [-0.1, -0.05) is 0 Å². The van der Waals surface area contributed by atoms with Gasteiger partial charge in [0.1, 0.15) is 0 Å². The fourth-order valence-electron chi connectivity index (χ4n) is 0. The standard InChI is InChI=1S/C3H8O.H2O.2O.V/c1-3(2)4;;;;/h3-4H,1-2H3;1H2;;;/q;;;;+1/p-1. The molecule has 0 spiro atoms. The van der Waals surface area contributed by atoms with Gasteiger partial charge >= 0.3 is 26.8 Å². The monoisotopic (exact) mass is 160 g/mol. The third-order valence-corrected chi connectivity index (χ3v) is 0. The normalized spacial score (nSPS) is 7.62. The predicted octanol–water partition coefficient (Wildman–Crippen LogP) is -0.410. The quantitative estimate of drug-likeness (QED) is 0.505. The van der Waals surface area contributed by atoms with E-state index < -0.39 is 15.4 Å². The second-order valence-electron chi connectivity index (χ2n) is 1.33. The van der Waals surface area contributed by atoms with Crippen LogP contribution in [0.25, 0.3) is 0 Å². The van der Waals surface area contributed by atoms with Crippen molar-refractivity contribution < 1.29 is 31.9 Å². The molecular formula is C3H9O4V.